The van der Waals surface area contributed by atoms with Crippen molar-refractivity contribution in [2.45, 2.75) is 12.1 Å². The Morgan fingerprint density at radius 2 is 2.12 bits per heavy atom. The smallest absolute Gasteiger partial charge is 0.277 e. The molecule has 0 fully saturated rings. The van der Waals surface area contributed by atoms with E-state index in [4.69, 9.17) is 9.15 Å². The first-order valence-corrected chi connectivity index (χ1v) is 9.50. The number of aromatic nitrogens is 2. The summed E-state index contributed by atoms with van der Waals surface area (Å²) in [4.78, 5) is 12.1. The Hall–Kier alpha value is -2.32. The molecule has 0 unspecified atom stereocenters. The third-order valence-corrected chi connectivity index (χ3v) is 5.18. The molecule has 0 aliphatic rings. The minimum atomic E-state index is -0.146. The number of halogens is 1. The zero-order valence-electron chi connectivity index (χ0n) is 14.2. The number of aryl methyl sites for hydroxylation is 1. The van der Waals surface area contributed by atoms with Crippen molar-refractivity contribution < 1.29 is 13.9 Å². The van der Waals surface area contributed by atoms with Crippen molar-refractivity contribution in [3.63, 3.8) is 0 Å². The largest absolute Gasteiger partial charge is 0.497 e. The lowest BCUT2D eigenvalue weighted by Gasteiger charge is -2.06. The van der Waals surface area contributed by atoms with E-state index in [1.165, 1.54) is 11.8 Å². The summed E-state index contributed by atoms with van der Waals surface area (Å²) in [6, 6.07) is 13.0. The molecule has 0 bridgehead atoms. The molecule has 3 aromatic rings. The second-order valence-electron chi connectivity index (χ2n) is 5.41. The van der Waals surface area contributed by atoms with E-state index >= 15 is 0 Å². The highest BCUT2D eigenvalue weighted by atomic mass is 79.9. The number of rotatable bonds is 6. The number of hydrogen-bond donors (Lipinski definition) is 1. The number of amides is 1. The van der Waals surface area contributed by atoms with Gasteiger partial charge < -0.3 is 14.5 Å². The number of carbonyl (C=O) groups excluding carboxylic acids is 1. The summed E-state index contributed by atoms with van der Waals surface area (Å²) in [5.41, 5.74) is 2.60. The summed E-state index contributed by atoms with van der Waals surface area (Å²) < 4.78 is 11.7. The van der Waals surface area contributed by atoms with Gasteiger partial charge in [-0.25, -0.2) is 0 Å². The molecule has 0 radical (unpaired) electrons. The molecule has 0 spiro atoms. The lowest BCUT2D eigenvalue weighted by Crippen LogP contribution is -2.14. The van der Waals surface area contributed by atoms with E-state index in [1.807, 2.05) is 49.4 Å². The number of hydrogen-bond acceptors (Lipinski definition) is 6. The minimum Gasteiger partial charge on any atom is -0.497 e. The van der Waals surface area contributed by atoms with Crippen molar-refractivity contribution in [3.8, 4) is 17.2 Å². The molecule has 134 valence electrons. The zero-order chi connectivity index (χ0) is 18.5. The second kappa shape index (κ2) is 8.37. The standard InChI is InChI=1S/C18H16BrN3O3S/c1-11-6-7-13(9-15(11)19)20-16(23)10-26-18-22-21-17(25-18)12-4-3-5-14(8-12)24-2/h3-9H,10H2,1-2H3,(H,20,23). The van der Waals surface area contributed by atoms with Crippen LogP contribution in [0.3, 0.4) is 0 Å². The number of ether oxygens (including phenoxy) is 1. The minimum absolute atomic E-state index is 0.146. The molecule has 0 saturated carbocycles. The number of anilines is 1. The van der Waals surface area contributed by atoms with Crippen LogP contribution >= 0.6 is 27.7 Å². The molecule has 0 aliphatic carbocycles. The van der Waals surface area contributed by atoms with Crippen LogP contribution in [0.15, 0.2) is 56.6 Å². The first-order valence-electron chi connectivity index (χ1n) is 7.72. The van der Waals surface area contributed by atoms with Crippen LogP contribution < -0.4 is 10.1 Å². The molecular formula is C18H16BrN3O3S. The van der Waals surface area contributed by atoms with Crippen LogP contribution in [0.4, 0.5) is 5.69 Å². The van der Waals surface area contributed by atoms with E-state index in [0.29, 0.717) is 16.9 Å². The second-order valence-corrected chi connectivity index (χ2v) is 7.19. The van der Waals surface area contributed by atoms with Crippen molar-refractivity contribution in [2.24, 2.45) is 0 Å². The fraction of sp³-hybridized carbons (Fsp3) is 0.167. The molecule has 8 heteroatoms. The lowest BCUT2D eigenvalue weighted by molar-refractivity contribution is -0.113. The first kappa shape index (κ1) is 18.5. The van der Waals surface area contributed by atoms with Gasteiger partial charge in [0.1, 0.15) is 5.75 Å². The van der Waals surface area contributed by atoms with Crippen molar-refractivity contribution in [3.05, 3.63) is 52.5 Å². The molecule has 2 aromatic carbocycles. The van der Waals surface area contributed by atoms with Crippen LogP contribution in [0.1, 0.15) is 5.56 Å². The molecular weight excluding hydrogens is 418 g/mol. The van der Waals surface area contributed by atoms with Gasteiger partial charge in [-0.15, -0.1) is 10.2 Å². The van der Waals surface area contributed by atoms with E-state index < -0.39 is 0 Å². The van der Waals surface area contributed by atoms with Crippen LogP contribution in [0.2, 0.25) is 0 Å². The molecule has 1 aromatic heterocycles. The van der Waals surface area contributed by atoms with Gasteiger partial charge in [0.2, 0.25) is 11.8 Å². The summed E-state index contributed by atoms with van der Waals surface area (Å²) in [5.74, 6) is 1.12. The monoisotopic (exact) mass is 433 g/mol. The van der Waals surface area contributed by atoms with Gasteiger partial charge in [0.05, 0.1) is 12.9 Å². The normalized spacial score (nSPS) is 10.6. The van der Waals surface area contributed by atoms with E-state index in [9.17, 15) is 4.79 Å². The van der Waals surface area contributed by atoms with Crippen LogP contribution in [-0.2, 0) is 4.79 Å². The van der Waals surface area contributed by atoms with E-state index in [0.717, 1.165) is 21.3 Å². The number of nitrogens with zero attached hydrogens (tertiary/aromatic N) is 2. The van der Waals surface area contributed by atoms with Gasteiger partial charge >= 0.3 is 0 Å². The maximum Gasteiger partial charge on any atom is 0.277 e. The molecule has 0 atom stereocenters. The van der Waals surface area contributed by atoms with Gasteiger partial charge in [-0.05, 0) is 42.8 Å². The Morgan fingerprint density at radius 1 is 1.27 bits per heavy atom. The van der Waals surface area contributed by atoms with Gasteiger partial charge in [-0.3, -0.25) is 4.79 Å². The quantitative estimate of drug-likeness (QED) is 0.574. The summed E-state index contributed by atoms with van der Waals surface area (Å²) in [7, 11) is 1.60. The molecule has 1 N–H and O–H groups in total. The van der Waals surface area contributed by atoms with Gasteiger partial charge in [-0.1, -0.05) is 39.8 Å². The van der Waals surface area contributed by atoms with Crippen LogP contribution in [-0.4, -0.2) is 29.0 Å². The number of benzene rings is 2. The molecule has 0 aliphatic heterocycles. The van der Waals surface area contributed by atoms with Gasteiger partial charge in [0, 0.05) is 15.7 Å². The summed E-state index contributed by atoms with van der Waals surface area (Å²) in [5, 5.41) is 11.2. The van der Waals surface area contributed by atoms with Crippen LogP contribution in [0.5, 0.6) is 5.75 Å². The highest BCUT2D eigenvalue weighted by molar-refractivity contribution is 9.10. The predicted molar refractivity (Wildman–Crippen MR) is 105 cm³/mol. The summed E-state index contributed by atoms with van der Waals surface area (Å²) in [6.07, 6.45) is 0. The lowest BCUT2D eigenvalue weighted by atomic mass is 10.2. The van der Waals surface area contributed by atoms with E-state index in [-0.39, 0.29) is 11.7 Å². The Labute approximate surface area is 163 Å². The Morgan fingerprint density at radius 3 is 2.88 bits per heavy atom. The fourth-order valence-electron chi connectivity index (χ4n) is 2.14. The molecule has 1 amide bonds. The Balaban J connectivity index is 1.58. The summed E-state index contributed by atoms with van der Waals surface area (Å²) in [6.45, 7) is 1.99. The van der Waals surface area contributed by atoms with Gasteiger partial charge in [0.15, 0.2) is 0 Å². The number of methoxy groups -OCH3 is 1. The SMILES string of the molecule is COc1cccc(-c2nnc(SCC(=O)Nc3ccc(C)c(Br)c3)o2)c1. The summed E-state index contributed by atoms with van der Waals surface area (Å²) >= 11 is 4.63. The zero-order valence-corrected chi connectivity index (χ0v) is 16.6. The van der Waals surface area contributed by atoms with Gasteiger partial charge in [-0.2, -0.15) is 0 Å². The number of carbonyl (C=O) groups is 1. The predicted octanol–water partition coefficient (Wildman–Crippen LogP) is 4.55. The fourth-order valence-corrected chi connectivity index (χ4v) is 3.08. The van der Waals surface area contributed by atoms with Gasteiger partial charge in [0.25, 0.3) is 5.22 Å². The first-order chi connectivity index (χ1) is 12.5. The number of nitrogens with one attached hydrogen (secondary N) is 1. The highest BCUT2D eigenvalue weighted by Gasteiger charge is 2.12. The van der Waals surface area contributed by atoms with Crippen molar-refractivity contribution in [2.75, 3.05) is 18.2 Å². The Kier molecular flexibility index (Phi) is 5.95. The molecule has 1 heterocycles. The van der Waals surface area contributed by atoms with Crippen molar-refractivity contribution >= 4 is 39.3 Å². The molecule has 0 saturated heterocycles. The molecule has 3 rings (SSSR count). The molecule has 26 heavy (non-hydrogen) atoms. The maximum absolute atomic E-state index is 12.1. The van der Waals surface area contributed by atoms with Crippen molar-refractivity contribution in [1.82, 2.24) is 10.2 Å². The number of thioether (sulfide) groups is 1. The topological polar surface area (TPSA) is 77.2 Å². The Bertz CT molecular complexity index is 930. The average molecular weight is 434 g/mol. The third-order valence-electron chi connectivity index (χ3n) is 3.51. The third kappa shape index (κ3) is 4.64. The van der Waals surface area contributed by atoms with Crippen LogP contribution in [0, 0.1) is 6.92 Å². The van der Waals surface area contributed by atoms with E-state index in [1.54, 1.807) is 7.11 Å². The van der Waals surface area contributed by atoms with E-state index in [2.05, 4.69) is 31.4 Å². The highest BCUT2D eigenvalue weighted by Crippen LogP contribution is 2.26. The molecule has 6 nitrogen and oxygen atoms in total. The van der Waals surface area contributed by atoms with Crippen LogP contribution in [0.25, 0.3) is 11.5 Å². The maximum atomic E-state index is 12.1. The average Bonchev–Trinajstić information content (AvgIpc) is 3.12. The van der Waals surface area contributed by atoms with Crippen molar-refractivity contribution in [1.29, 1.82) is 0 Å².